The molecule has 0 radical (unpaired) electrons. The number of amides is 1. The maximum Gasteiger partial charge on any atom is 0.255 e. The molecule has 2 saturated carbocycles. The van der Waals surface area contributed by atoms with Crippen LogP contribution in [0.1, 0.15) is 68.1 Å². The Labute approximate surface area is 204 Å². The first kappa shape index (κ1) is 23.2. The summed E-state index contributed by atoms with van der Waals surface area (Å²) in [5.74, 6) is 1.65. The molecule has 3 aliphatic rings. The number of anilines is 3. The fraction of sp³-hybridized carbons (Fsp3) is 0.552. The number of likely N-dealkylation sites (tertiary alicyclic amines) is 1. The Morgan fingerprint density at radius 1 is 0.882 bits per heavy atom. The lowest BCUT2D eigenvalue weighted by Crippen LogP contribution is -2.47. The summed E-state index contributed by atoms with van der Waals surface area (Å²) in [4.78, 5) is 18.1. The van der Waals surface area contributed by atoms with E-state index in [0.717, 1.165) is 18.4 Å². The van der Waals surface area contributed by atoms with Crippen molar-refractivity contribution < 1.29 is 4.79 Å². The lowest BCUT2D eigenvalue weighted by molar-refractivity contribution is 0.102. The molecule has 0 bridgehead atoms. The summed E-state index contributed by atoms with van der Waals surface area (Å²) in [6.07, 6.45) is 12.4. The standard InChI is InChI=1S/C29H40N4O/c30-27-8-4-5-9-28(27)31-29(34)24-12-14-25(15-13-24)33(21-23-10-11-23)26-16-18-32(19-17-26)20-22-6-2-1-3-7-22/h4-5,8-9,12-15,22-23,26H,1-3,6-7,10-11,16-21,30H2,(H,31,34). The second-order valence-corrected chi connectivity index (χ2v) is 10.7. The Morgan fingerprint density at radius 3 is 2.26 bits per heavy atom. The molecule has 1 amide bonds. The van der Waals surface area contributed by atoms with E-state index in [1.807, 2.05) is 30.3 Å². The first-order chi connectivity index (χ1) is 16.7. The second-order valence-electron chi connectivity index (χ2n) is 10.7. The fourth-order valence-electron chi connectivity index (χ4n) is 5.80. The Balaban J connectivity index is 1.20. The van der Waals surface area contributed by atoms with E-state index in [1.165, 1.54) is 83.1 Å². The minimum atomic E-state index is -0.116. The molecule has 2 aliphatic carbocycles. The van der Waals surface area contributed by atoms with E-state index in [0.29, 0.717) is 23.0 Å². The fourth-order valence-corrected chi connectivity index (χ4v) is 5.80. The molecule has 3 fully saturated rings. The molecule has 5 nitrogen and oxygen atoms in total. The zero-order valence-corrected chi connectivity index (χ0v) is 20.4. The van der Waals surface area contributed by atoms with Crippen LogP contribution in [-0.2, 0) is 0 Å². The van der Waals surface area contributed by atoms with Gasteiger partial charge in [-0.25, -0.2) is 0 Å². The van der Waals surface area contributed by atoms with Crippen LogP contribution in [0.2, 0.25) is 0 Å². The molecule has 1 saturated heterocycles. The molecule has 0 spiro atoms. The first-order valence-electron chi connectivity index (χ1n) is 13.4. The Bertz CT molecular complexity index is 941. The molecule has 2 aromatic rings. The molecule has 0 aromatic heterocycles. The van der Waals surface area contributed by atoms with Crippen LogP contribution >= 0.6 is 0 Å². The van der Waals surface area contributed by atoms with E-state index >= 15 is 0 Å². The summed E-state index contributed by atoms with van der Waals surface area (Å²) >= 11 is 0. The number of hydrogen-bond donors (Lipinski definition) is 2. The highest BCUT2D eigenvalue weighted by atomic mass is 16.1. The van der Waals surface area contributed by atoms with E-state index in [-0.39, 0.29) is 5.91 Å². The molecule has 5 heteroatoms. The molecular formula is C29H40N4O. The quantitative estimate of drug-likeness (QED) is 0.490. The van der Waals surface area contributed by atoms with Gasteiger partial charge in [-0.1, -0.05) is 31.4 Å². The van der Waals surface area contributed by atoms with E-state index in [4.69, 9.17) is 5.73 Å². The van der Waals surface area contributed by atoms with Gasteiger partial charge in [-0.3, -0.25) is 4.79 Å². The van der Waals surface area contributed by atoms with Crippen LogP contribution in [0.15, 0.2) is 48.5 Å². The summed E-state index contributed by atoms with van der Waals surface area (Å²) in [6, 6.07) is 16.2. The summed E-state index contributed by atoms with van der Waals surface area (Å²) < 4.78 is 0. The van der Waals surface area contributed by atoms with Crippen LogP contribution in [0.3, 0.4) is 0 Å². The van der Waals surface area contributed by atoms with Crippen LogP contribution in [0.5, 0.6) is 0 Å². The van der Waals surface area contributed by atoms with Crippen molar-refractivity contribution in [3.05, 3.63) is 54.1 Å². The first-order valence-corrected chi connectivity index (χ1v) is 13.4. The predicted octanol–water partition coefficient (Wildman–Crippen LogP) is 5.78. The third-order valence-corrected chi connectivity index (χ3v) is 8.06. The van der Waals surface area contributed by atoms with Crippen molar-refractivity contribution in [2.24, 2.45) is 11.8 Å². The number of para-hydroxylation sites is 2. The molecule has 2 aromatic carbocycles. The lowest BCUT2D eigenvalue weighted by atomic mass is 9.88. The van der Waals surface area contributed by atoms with Crippen molar-refractivity contribution >= 4 is 23.0 Å². The molecule has 182 valence electrons. The van der Waals surface area contributed by atoms with Crippen LogP contribution in [0, 0.1) is 11.8 Å². The largest absolute Gasteiger partial charge is 0.397 e. The summed E-state index contributed by atoms with van der Waals surface area (Å²) in [6.45, 7) is 4.91. The highest BCUT2D eigenvalue weighted by molar-refractivity contribution is 6.05. The van der Waals surface area contributed by atoms with E-state index in [2.05, 4.69) is 27.2 Å². The van der Waals surface area contributed by atoms with E-state index < -0.39 is 0 Å². The lowest BCUT2D eigenvalue weighted by Gasteiger charge is -2.41. The van der Waals surface area contributed by atoms with Gasteiger partial charge in [-0.2, -0.15) is 0 Å². The van der Waals surface area contributed by atoms with Gasteiger partial charge in [0.2, 0.25) is 0 Å². The maximum atomic E-state index is 12.8. The number of nitrogen functional groups attached to an aromatic ring is 1. The third kappa shape index (κ3) is 5.93. The van der Waals surface area contributed by atoms with Crippen molar-refractivity contribution in [1.82, 2.24) is 4.90 Å². The van der Waals surface area contributed by atoms with Gasteiger partial charge in [0.15, 0.2) is 0 Å². The van der Waals surface area contributed by atoms with Gasteiger partial charge in [0.05, 0.1) is 11.4 Å². The minimum Gasteiger partial charge on any atom is -0.397 e. The zero-order valence-electron chi connectivity index (χ0n) is 20.4. The van der Waals surface area contributed by atoms with Gasteiger partial charge in [0.25, 0.3) is 5.91 Å². The Kier molecular flexibility index (Phi) is 7.39. The molecule has 3 N–H and O–H groups in total. The van der Waals surface area contributed by atoms with Crippen molar-refractivity contribution in [2.75, 3.05) is 42.1 Å². The van der Waals surface area contributed by atoms with Gasteiger partial charge in [-0.15, -0.1) is 0 Å². The van der Waals surface area contributed by atoms with Crippen LogP contribution in [0.25, 0.3) is 0 Å². The second kappa shape index (κ2) is 10.8. The number of nitrogens with zero attached hydrogens (tertiary/aromatic N) is 2. The molecule has 1 aliphatic heterocycles. The smallest absolute Gasteiger partial charge is 0.255 e. The number of nitrogens with one attached hydrogen (secondary N) is 1. The number of carbonyl (C=O) groups excluding carboxylic acids is 1. The summed E-state index contributed by atoms with van der Waals surface area (Å²) in [7, 11) is 0. The maximum absolute atomic E-state index is 12.8. The van der Waals surface area contributed by atoms with Gasteiger partial charge in [-0.05, 0) is 86.8 Å². The average Bonchev–Trinajstić information content (AvgIpc) is 3.70. The monoisotopic (exact) mass is 460 g/mol. The van der Waals surface area contributed by atoms with Gasteiger partial charge >= 0.3 is 0 Å². The van der Waals surface area contributed by atoms with Crippen molar-refractivity contribution in [1.29, 1.82) is 0 Å². The van der Waals surface area contributed by atoms with Crippen LogP contribution in [-0.4, -0.2) is 43.0 Å². The Hall–Kier alpha value is -2.53. The van der Waals surface area contributed by atoms with Crippen molar-refractivity contribution in [2.45, 2.75) is 63.8 Å². The van der Waals surface area contributed by atoms with E-state index in [9.17, 15) is 4.79 Å². The normalized spacial score (nSPS) is 20.2. The van der Waals surface area contributed by atoms with E-state index in [1.54, 1.807) is 6.07 Å². The zero-order chi connectivity index (χ0) is 23.3. The molecule has 5 rings (SSSR count). The molecule has 0 unspecified atom stereocenters. The van der Waals surface area contributed by atoms with Crippen LogP contribution < -0.4 is 16.0 Å². The van der Waals surface area contributed by atoms with Gasteiger partial charge < -0.3 is 20.9 Å². The number of piperidine rings is 1. The third-order valence-electron chi connectivity index (χ3n) is 8.06. The average molecular weight is 461 g/mol. The summed E-state index contributed by atoms with van der Waals surface area (Å²) in [5, 5.41) is 2.94. The van der Waals surface area contributed by atoms with Crippen LogP contribution in [0.4, 0.5) is 17.1 Å². The van der Waals surface area contributed by atoms with Crippen molar-refractivity contribution in [3.63, 3.8) is 0 Å². The molecule has 0 atom stereocenters. The summed E-state index contributed by atoms with van der Waals surface area (Å²) in [5.41, 5.74) is 9.15. The number of hydrogen-bond acceptors (Lipinski definition) is 4. The topological polar surface area (TPSA) is 61.6 Å². The number of nitrogens with two attached hydrogens (primary N) is 1. The number of carbonyl (C=O) groups is 1. The molecule has 1 heterocycles. The van der Waals surface area contributed by atoms with Gasteiger partial charge in [0, 0.05) is 43.5 Å². The van der Waals surface area contributed by atoms with Gasteiger partial charge in [0.1, 0.15) is 0 Å². The number of benzene rings is 2. The molecule has 34 heavy (non-hydrogen) atoms. The Morgan fingerprint density at radius 2 is 1.59 bits per heavy atom. The minimum absolute atomic E-state index is 0.116. The number of rotatable bonds is 8. The van der Waals surface area contributed by atoms with Crippen molar-refractivity contribution in [3.8, 4) is 0 Å². The predicted molar refractivity (Wildman–Crippen MR) is 141 cm³/mol. The highest BCUT2D eigenvalue weighted by Gasteiger charge is 2.31. The SMILES string of the molecule is Nc1ccccc1NC(=O)c1ccc(N(CC2CC2)C2CCN(CC3CCCCC3)CC2)cc1. The highest BCUT2D eigenvalue weighted by Crippen LogP contribution is 2.34. The molecular weight excluding hydrogens is 420 g/mol.